The number of ether oxygens (including phenoxy) is 2. The van der Waals surface area contributed by atoms with Crippen molar-refractivity contribution in [1.82, 2.24) is 4.57 Å². The summed E-state index contributed by atoms with van der Waals surface area (Å²) in [5.41, 5.74) is 2.04. The summed E-state index contributed by atoms with van der Waals surface area (Å²) in [5.74, 6) is 1.57. The van der Waals surface area contributed by atoms with Gasteiger partial charge in [0.15, 0.2) is 5.82 Å². The van der Waals surface area contributed by atoms with Crippen molar-refractivity contribution >= 4 is 24.3 Å². The second-order valence-electron chi connectivity index (χ2n) is 6.26. The number of nitrogens with zero attached hydrogens (tertiary/aromatic N) is 2. The molecule has 1 aliphatic heterocycles. The van der Waals surface area contributed by atoms with Gasteiger partial charge in [-0.1, -0.05) is 12.6 Å². The monoisotopic (exact) mass is 339 g/mol. The van der Waals surface area contributed by atoms with Crippen LogP contribution in [0.25, 0.3) is 12.4 Å². The van der Waals surface area contributed by atoms with Crippen molar-refractivity contribution < 1.29 is 9.47 Å². The zero-order valence-electron chi connectivity index (χ0n) is 15.1. The first-order valence-electron chi connectivity index (χ1n) is 8.54. The Bertz CT molecular complexity index is 877. The van der Waals surface area contributed by atoms with Crippen molar-refractivity contribution in [2.45, 2.75) is 26.4 Å². The second kappa shape index (κ2) is 7.57. The van der Waals surface area contributed by atoms with E-state index >= 15 is 0 Å². The van der Waals surface area contributed by atoms with Gasteiger partial charge in [-0.2, -0.15) is 0 Å². The normalized spacial score (nSPS) is 18.6. The van der Waals surface area contributed by atoms with E-state index in [0.29, 0.717) is 6.61 Å². The molecule has 1 fully saturated rings. The van der Waals surface area contributed by atoms with E-state index in [1.807, 2.05) is 42.9 Å². The van der Waals surface area contributed by atoms with E-state index in [4.69, 9.17) is 9.47 Å². The Morgan fingerprint density at radius 2 is 2.28 bits per heavy atom. The minimum Gasteiger partial charge on any atom is -0.486 e. The fraction of sp³-hybridized carbons (Fsp3) is 0.350. The number of benzene rings is 1. The molecule has 0 amide bonds. The van der Waals surface area contributed by atoms with Crippen LogP contribution in [-0.4, -0.2) is 30.1 Å². The van der Waals surface area contributed by atoms with Crippen LogP contribution in [0, 0.1) is 6.92 Å². The highest BCUT2D eigenvalue weighted by molar-refractivity contribution is 5.74. The van der Waals surface area contributed by atoms with Crippen molar-refractivity contribution in [1.29, 1.82) is 0 Å². The summed E-state index contributed by atoms with van der Waals surface area (Å²) in [6, 6.07) is 8.11. The fourth-order valence-electron chi connectivity index (χ4n) is 2.93. The predicted octanol–water partition coefficient (Wildman–Crippen LogP) is 2.18. The van der Waals surface area contributed by atoms with Crippen molar-refractivity contribution in [3.05, 3.63) is 46.6 Å². The molecule has 5 nitrogen and oxygen atoms in total. The summed E-state index contributed by atoms with van der Waals surface area (Å²) in [7, 11) is 1.99. The van der Waals surface area contributed by atoms with Gasteiger partial charge in [-0.05, 0) is 42.8 Å². The zero-order valence-corrected chi connectivity index (χ0v) is 15.1. The number of aliphatic imine (C=N–C) groups is 1. The maximum atomic E-state index is 6.17. The van der Waals surface area contributed by atoms with E-state index in [0.717, 1.165) is 46.4 Å². The van der Waals surface area contributed by atoms with Crippen LogP contribution in [0.5, 0.6) is 5.75 Å². The summed E-state index contributed by atoms with van der Waals surface area (Å²) in [6.07, 6.45) is 4.76. The number of nitrogens with one attached hydrogen (secondary N) is 1. The topological polar surface area (TPSA) is 47.8 Å². The van der Waals surface area contributed by atoms with Crippen molar-refractivity contribution in [3.8, 4) is 5.75 Å². The Kier molecular flexibility index (Phi) is 5.24. The molecule has 0 aliphatic carbocycles. The van der Waals surface area contributed by atoms with Gasteiger partial charge in [0, 0.05) is 25.9 Å². The lowest BCUT2D eigenvalue weighted by atomic mass is 10.2. The van der Waals surface area contributed by atoms with E-state index in [9.17, 15) is 0 Å². The molecule has 1 aliphatic rings. The van der Waals surface area contributed by atoms with Gasteiger partial charge in [-0.25, -0.2) is 4.99 Å². The number of rotatable bonds is 5. The first-order valence-corrected chi connectivity index (χ1v) is 8.54. The van der Waals surface area contributed by atoms with E-state index in [1.54, 1.807) is 6.21 Å². The average molecular weight is 339 g/mol. The summed E-state index contributed by atoms with van der Waals surface area (Å²) in [4.78, 5) is 4.52. The molecule has 0 bridgehead atoms. The van der Waals surface area contributed by atoms with Gasteiger partial charge in [0.05, 0.1) is 24.3 Å². The number of aromatic nitrogens is 1. The van der Waals surface area contributed by atoms with Gasteiger partial charge in [0.2, 0.25) is 0 Å². The lowest BCUT2D eigenvalue weighted by Gasteiger charge is -2.17. The third-order valence-corrected chi connectivity index (χ3v) is 4.21. The van der Waals surface area contributed by atoms with Crippen LogP contribution in [0.1, 0.15) is 18.9 Å². The molecule has 1 N–H and O–H groups in total. The maximum Gasteiger partial charge on any atom is 0.154 e. The van der Waals surface area contributed by atoms with Crippen LogP contribution >= 0.6 is 0 Å². The lowest BCUT2D eigenvalue weighted by Crippen LogP contribution is -2.31. The quantitative estimate of drug-likeness (QED) is 0.850. The van der Waals surface area contributed by atoms with Crippen molar-refractivity contribution in [2.24, 2.45) is 12.0 Å². The SMILES string of the molecule is C=c1ccn(C)/c1=C(/N=CC)Nc1ccc(C)cc1O[C@@H]1CCOC1. The summed E-state index contributed by atoms with van der Waals surface area (Å²) in [6.45, 7) is 9.45. The van der Waals surface area contributed by atoms with Gasteiger partial charge < -0.3 is 19.4 Å². The molecule has 132 valence electrons. The largest absolute Gasteiger partial charge is 0.486 e. The molecule has 0 saturated carbocycles. The van der Waals surface area contributed by atoms with Gasteiger partial charge in [-0.15, -0.1) is 0 Å². The fourth-order valence-corrected chi connectivity index (χ4v) is 2.93. The molecule has 3 rings (SSSR count). The summed E-state index contributed by atoms with van der Waals surface area (Å²) < 4.78 is 13.6. The van der Waals surface area contributed by atoms with E-state index in [-0.39, 0.29) is 6.10 Å². The van der Waals surface area contributed by atoms with Gasteiger partial charge in [-0.3, -0.25) is 0 Å². The first kappa shape index (κ1) is 17.3. The number of hydrogen-bond acceptors (Lipinski definition) is 4. The predicted molar refractivity (Wildman–Crippen MR) is 102 cm³/mol. The van der Waals surface area contributed by atoms with Crippen LogP contribution in [0.4, 0.5) is 5.69 Å². The molecule has 1 saturated heterocycles. The maximum absolute atomic E-state index is 6.17. The second-order valence-corrected chi connectivity index (χ2v) is 6.26. The minimum atomic E-state index is 0.0962. The van der Waals surface area contributed by atoms with E-state index in [1.165, 1.54) is 0 Å². The highest BCUT2D eigenvalue weighted by Gasteiger charge is 2.19. The molecule has 0 unspecified atom stereocenters. The molecular weight excluding hydrogens is 314 g/mol. The molecule has 1 atom stereocenters. The average Bonchev–Trinajstić information content (AvgIpc) is 3.19. The Morgan fingerprint density at radius 1 is 1.44 bits per heavy atom. The summed E-state index contributed by atoms with van der Waals surface area (Å²) in [5, 5.41) is 5.30. The molecule has 0 spiro atoms. The molecule has 1 aromatic heterocycles. The molecule has 25 heavy (non-hydrogen) atoms. The van der Waals surface area contributed by atoms with Gasteiger partial charge >= 0.3 is 0 Å². The van der Waals surface area contributed by atoms with E-state index in [2.05, 4.69) is 29.9 Å². The molecule has 1 aromatic carbocycles. The van der Waals surface area contributed by atoms with Crippen molar-refractivity contribution in [3.63, 3.8) is 0 Å². The van der Waals surface area contributed by atoms with Crippen LogP contribution in [-0.2, 0) is 11.8 Å². The molecule has 2 heterocycles. The molecule has 5 heteroatoms. The Hall–Kier alpha value is -2.53. The standard InChI is InChI=1S/C20H25N3O2/c1-5-21-20(19-15(3)8-10-23(19)4)22-17-7-6-14(2)12-18(17)25-16-9-11-24-13-16/h5-8,10,12,16,22H,3,9,11,13H2,1-2,4H3/b20-19-,21-5?/t16-/m1/s1. The van der Waals surface area contributed by atoms with Crippen molar-refractivity contribution in [2.75, 3.05) is 18.5 Å². The first-order chi connectivity index (χ1) is 12.1. The number of anilines is 1. The Morgan fingerprint density at radius 3 is 2.92 bits per heavy atom. The lowest BCUT2D eigenvalue weighted by molar-refractivity contribution is 0.142. The van der Waals surface area contributed by atoms with Gasteiger partial charge in [0.25, 0.3) is 0 Å². The molecular formula is C20H25N3O2. The highest BCUT2D eigenvalue weighted by atomic mass is 16.5. The zero-order chi connectivity index (χ0) is 17.8. The minimum absolute atomic E-state index is 0.0962. The highest BCUT2D eigenvalue weighted by Crippen LogP contribution is 2.29. The van der Waals surface area contributed by atoms with Crippen LogP contribution in [0.2, 0.25) is 0 Å². The smallest absolute Gasteiger partial charge is 0.154 e. The third kappa shape index (κ3) is 3.94. The van der Waals surface area contributed by atoms with Crippen LogP contribution in [0.3, 0.4) is 0 Å². The van der Waals surface area contributed by atoms with Crippen LogP contribution in [0.15, 0.2) is 35.5 Å². The Balaban J connectivity index is 2.01. The van der Waals surface area contributed by atoms with Crippen LogP contribution < -0.4 is 20.6 Å². The Labute approximate surface area is 148 Å². The number of aryl methyl sites for hydroxylation is 2. The molecule has 0 radical (unpaired) electrons. The summed E-state index contributed by atoms with van der Waals surface area (Å²) >= 11 is 0. The number of hydrogen-bond donors (Lipinski definition) is 1. The van der Waals surface area contributed by atoms with Gasteiger partial charge in [0.1, 0.15) is 11.9 Å². The third-order valence-electron chi connectivity index (χ3n) is 4.21. The van der Waals surface area contributed by atoms with E-state index < -0.39 is 0 Å². The molecule has 2 aromatic rings.